The van der Waals surface area contributed by atoms with E-state index in [4.69, 9.17) is 0 Å². The number of thioether (sulfide) groups is 1. The molecule has 0 saturated carbocycles. The van der Waals surface area contributed by atoms with Crippen LogP contribution < -0.4 is 5.32 Å². The Morgan fingerprint density at radius 1 is 1.26 bits per heavy atom. The second-order valence-electron chi connectivity index (χ2n) is 6.91. The summed E-state index contributed by atoms with van der Waals surface area (Å²) in [7, 11) is 1.94. The Bertz CT molecular complexity index is 959. The Balaban J connectivity index is 1.64. The lowest BCUT2D eigenvalue weighted by atomic mass is 10.1. The van der Waals surface area contributed by atoms with Crippen molar-refractivity contribution in [3.05, 3.63) is 45.6 Å². The molecule has 27 heavy (non-hydrogen) atoms. The number of hydrogen-bond donors (Lipinski definition) is 1. The molecule has 0 spiro atoms. The highest BCUT2D eigenvalue weighted by Crippen LogP contribution is 2.30. The van der Waals surface area contributed by atoms with Crippen molar-refractivity contribution in [3.8, 4) is 11.4 Å². The first kappa shape index (κ1) is 19.6. The van der Waals surface area contributed by atoms with E-state index in [1.807, 2.05) is 37.6 Å². The Hall–Kier alpha value is -2.12. The van der Waals surface area contributed by atoms with E-state index in [2.05, 4.69) is 46.9 Å². The molecule has 3 aromatic rings. The molecule has 0 atom stereocenters. The number of carbonyl (C=O) groups excluding carboxylic acids is 1. The SMILES string of the molecule is Cc1ccc(NC(=O)CSc2nnc(-c3csc(C(C)C)c3)n2C)c(C)c1. The van der Waals surface area contributed by atoms with E-state index in [0.717, 1.165) is 27.8 Å². The summed E-state index contributed by atoms with van der Waals surface area (Å²) in [6.07, 6.45) is 0. The topological polar surface area (TPSA) is 59.8 Å². The van der Waals surface area contributed by atoms with E-state index in [-0.39, 0.29) is 5.91 Å². The maximum absolute atomic E-state index is 12.3. The van der Waals surface area contributed by atoms with Gasteiger partial charge in [-0.05, 0) is 37.5 Å². The second-order valence-corrected chi connectivity index (χ2v) is 8.80. The Labute approximate surface area is 168 Å². The lowest BCUT2D eigenvalue weighted by Crippen LogP contribution is -2.15. The highest BCUT2D eigenvalue weighted by molar-refractivity contribution is 7.99. The standard InChI is InChI=1S/C20H24N4OS2/c1-12(2)17-9-15(10-26-17)19-22-23-20(24(19)5)27-11-18(25)21-16-7-6-13(3)8-14(16)4/h6-10,12H,11H2,1-5H3,(H,21,25). The van der Waals surface area contributed by atoms with Gasteiger partial charge in [0, 0.05) is 28.6 Å². The molecular formula is C20H24N4OS2. The van der Waals surface area contributed by atoms with Crippen LogP contribution in [0.15, 0.2) is 34.8 Å². The maximum atomic E-state index is 12.3. The van der Waals surface area contributed by atoms with Crippen LogP contribution in [0, 0.1) is 13.8 Å². The van der Waals surface area contributed by atoms with Gasteiger partial charge in [0.05, 0.1) is 5.75 Å². The van der Waals surface area contributed by atoms with Gasteiger partial charge >= 0.3 is 0 Å². The number of nitrogens with one attached hydrogen (secondary N) is 1. The van der Waals surface area contributed by atoms with E-state index in [9.17, 15) is 4.79 Å². The quantitative estimate of drug-likeness (QED) is 0.591. The molecule has 7 heteroatoms. The van der Waals surface area contributed by atoms with E-state index in [1.165, 1.54) is 22.2 Å². The van der Waals surface area contributed by atoms with Crippen LogP contribution in [-0.2, 0) is 11.8 Å². The molecule has 0 aliphatic carbocycles. The van der Waals surface area contributed by atoms with Gasteiger partial charge in [0.15, 0.2) is 11.0 Å². The first-order valence-electron chi connectivity index (χ1n) is 8.83. The molecule has 0 aliphatic rings. The maximum Gasteiger partial charge on any atom is 0.234 e. The van der Waals surface area contributed by atoms with Crippen molar-refractivity contribution >= 4 is 34.7 Å². The number of benzene rings is 1. The summed E-state index contributed by atoms with van der Waals surface area (Å²) in [6, 6.07) is 8.16. The summed E-state index contributed by atoms with van der Waals surface area (Å²) in [4.78, 5) is 13.6. The molecule has 2 aromatic heterocycles. The summed E-state index contributed by atoms with van der Waals surface area (Å²) in [5, 5.41) is 14.4. The summed E-state index contributed by atoms with van der Waals surface area (Å²) in [6.45, 7) is 8.40. The molecule has 142 valence electrons. The Morgan fingerprint density at radius 3 is 2.70 bits per heavy atom. The van der Waals surface area contributed by atoms with Crippen molar-refractivity contribution in [1.82, 2.24) is 14.8 Å². The fourth-order valence-electron chi connectivity index (χ4n) is 2.74. The van der Waals surface area contributed by atoms with Crippen LogP contribution in [0.4, 0.5) is 5.69 Å². The third-order valence-corrected chi connectivity index (χ3v) is 6.52. The molecule has 5 nitrogen and oxygen atoms in total. The van der Waals surface area contributed by atoms with Gasteiger partial charge in [-0.3, -0.25) is 4.79 Å². The second kappa shape index (κ2) is 8.27. The first-order chi connectivity index (χ1) is 12.8. The smallest absolute Gasteiger partial charge is 0.234 e. The first-order valence-corrected chi connectivity index (χ1v) is 10.7. The Morgan fingerprint density at radius 2 is 2.04 bits per heavy atom. The number of thiophene rings is 1. The minimum absolute atomic E-state index is 0.0471. The van der Waals surface area contributed by atoms with Crippen molar-refractivity contribution < 1.29 is 4.79 Å². The summed E-state index contributed by atoms with van der Waals surface area (Å²) in [5.74, 6) is 1.57. The highest BCUT2D eigenvalue weighted by atomic mass is 32.2. The van der Waals surface area contributed by atoms with Crippen LogP contribution in [0.2, 0.25) is 0 Å². The molecular weight excluding hydrogens is 376 g/mol. The minimum atomic E-state index is -0.0471. The third kappa shape index (κ3) is 4.59. The van der Waals surface area contributed by atoms with Gasteiger partial charge in [-0.2, -0.15) is 0 Å². The van der Waals surface area contributed by atoms with Gasteiger partial charge in [-0.25, -0.2) is 0 Å². The van der Waals surface area contributed by atoms with Gasteiger partial charge in [-0.15, -0.1) is 21.5 Å². The zero-order chi connectivity index (χ0) is 19.6. The van der Waals surface area contributed by atoms with Crippen LogP contribution in [0.3, 0.4) is 0 Å². The zero-order valence-electron chi connectivity index (χ0n) is 16.2. The minimum Gasteiger partial charge on any atom is -0.325 e. The molecule has 1 amide bonds. The van der Waals surface area contributed by atoms with Crippen LogP contribution in [0.1, 0.15) is 35.8 Å². The average molecular weight is 401 g/mol. The van der Waals surface area contributed by atoms with E-state index in [0.29, 0.717) is 11.7 Å². The van der Waals surface area contributed by atoms with Gasteiger partial charge in [0.1, 0.15) is 0 Å². The molecule has 2 heterocycles. The summed E-state index contributed by atoms with van der Waals surface area (Å²) in [5.41, 5.74) is 4.17. The van der Waals surface area contributed by atoms with Crippen molar-refractivity contribution in [2.75, 3.05) is 11.1 Å². The molecule has 0 unspecified atom stereocenters. The number of rotatable bonds is 6. The lowest BCUT2D eigenvalue weighted by molar-refractivity contribution is -0.113. The molecule has 0 bridgehead atoms. The van der Waals surface area contributed by atoms with Crippen molar-refractivity contribution in [1.29, 1.82) is 0 Å². The fourth-order valence-corrected chi connectivity index (χ4v) is 4.35. The van der Waals surface area contributed by atoms with E-state index >= 15 is 0 Å². The number of anilines is 1. The number of aryl methyl sites for hydroxylation is 2. The molecule has 0 fully saturated rings. The predicted molar refractivity (Wildman–Crippen MR) is 114 cm³/mol. The van der Waals surface area contributed by atoms with Crippen molar-refractivity contribution in [2.24, 2.45) is 7.05 Å². The number of nitrogens with zero attached hydrogens (tertiary/aromatic N) is 3. The van der Waals surface area contributed by atoms with Crippen molar-refractivity contribution in [3.63, 3.8) is 0 Å². The van der Waals surface area contributed by atoms with Crippen LogP contribution >= 0.6 is 23.1 Å². The normalized spacial score (nSPS) is 11.2. The average Bonchev–Trinajstić information content (AvgIpc) is 3.22. The van der Waals surface area contributed by atoms with Gasteiger partial charge in [0.2, 0.25) is 5.91 Å². The van der Waals surface area contributed by atoms with Gasteiger partial charge < -0.3 is 9.88 Å². The number of carbonyl (C=O) groups is 1. The van der Waals surface area contributed by atoms with Gasteiger partial charge in [0.25, 0.3) is 0 Å². The lowest BCUT2D eigenvalue weighted by Gasteiger charge is -2.09. The number of hydrogen-bond acceptors (Lipinski definition) is 5. The molecule has 0 saturated heterocycles. The van der Waals surface area contributed by atoms with Gasteiger partial charge in [-0.1, -0.05) is 43.3 Å². The summed E-state index contributed by atoms with van der Waals surface area (Å²) >= 11 is 3.13. The zero-order valence-corrected chi connectivity index (χ0v) is 17.9. The van der Waals surface area contributed by atoms with Crippen LogP contribution in [0.25, 0.3) is 11.4 Å². The third-order valence-electron chi connectivity index (χ3n) is 4.27. The summed E-state index contributed by atoms with van der Waals surface area (Å²) < 4.78 is 1.95. The van der Waals surface area contributed by atoms with E-state index < -0.39 is 0 Å². The van der Waals surface area contributed by atoms with Crippen molar-refractivity contribution in [2.45, 2.75) is 38.8 Å². The Kier molecular flexibility index (Phi) is 6.01. The largest absolute Gasteiger partial charge is 0.325 e. The number of aromatic nitrogens is 3. The van der Waals surface area contributed by atoms with Crippen LogP contribution in [0.5, 0.6) is 0 Å². The fraction of sp³-hybridized carbons (Fsp3) is 0.350. The highest BCUT2D eigenvalue weighted by Gasteiger charge is 2.15. The molecule has 0 radical (unpaired) electrons. The number of amides is 1. The monoisotopic (exact) mass is 400 g/mol. The molecule has 1 aromatic carbocycles. The predicted octanol–water partition coefficient (Wildman–Crippen LogP) is 5.01. The molecule has 0 aliphatic heterocycles. The molecule has 1 N–H and O–H groups in total. The molecule has 3 rings (SSSR count). The van der Waals surface area contributed by atoms with Crippen LogP contribution in [-0.4, -0.2) is 26.4 Å². The van der Waals surface area contributed by atoms with E-state index in [1.54, 1.807) is 11.3 Å².